The van der Waals surface area contributed by atoms with Gasteiger partial charge in [-0.3, -0.25) is 0 Å². The van der Waals surface area contributed by atoms with Gasteiger partial charge in [0.15, 0.2) is 0 Å². The predicted molar refractivity (Wildman–Crippen MR) is 110 cm³/mol. The molecule has 1 rings (SSSR count). The summed E-state index contributed by atoms with van der Waals surface area (Å²) in [6.07, 6.45) is 21.9. The number of hydrogen-bond acceptors (Lipinski definition) is 1. The number of allylic oxidation sites excluding steroid dienone is 2. The van der Waals surface area contributed by atoms with Gasteiger partial charge in [-0.1, -0.05) is 83.0 Å². The molecule has 0 heterocycles. The van der Waals surface area contributed by atoms with E-state index in [0.29, 0.717) is 0 Å². The van der Waals surface area contributed by atoms with Crippen LogP contribution < -0.4 is 0 Å². The molecule has 0 bridgehead atoms. The summed E-state index contributed by atoms with van der Waals surface area (Å²) in [6, 6.07) is 10.8. The van der Waals surface area contributed by atoms with Gasteiger partial charge in [-0.2, -0.15) is 0 Å². The largest absolute Gasteiger partial charge is 0.307 e. The first-order valence-electron chi connectivity index (χ1n) is 9.19. The highest BCUT2D eigenvalue weighted by atomic mass is 16.1. The van der Waals surface area contributed by atoms with E-state index < -0.39 is 0 Å². The normalized spacial score (nSPS) is 10.2. The smallest absolute Gasteiger partial charge is 0.106 e. The second-order valence-corrected chi connectivity index (χ2v) is 5.12. The van der Waals surface area contributed by atoms with Crippen molar-refractivity contribution in [2.24, 2.45) is 5.92 Å². The highest BCUT2D eigenvalue weighted by Crippen LogP contribution is 2.14. The summed E-state index contributed by atoms with van der Waals surface area (Å²) in [5, 5.41) is 0. The highest BCUT2D eigenvalue weighted by molar-refractivity contribution is 5.14. The molecule has 1 aromatic rings. The van der Waals surface area contributed by atoms with Crippen molar-refractivity contribution in [3.63, 3.8) is 0 Å². The van der Waals surface area contributed by atoms with Gasteiger partial charge in [0.05, 0.1) is 0 Å². The summed E-state index contributed by atoms with van der Waals surface area (Å²) in [4.78, 5) is 8.00. The first kappa shape index (κ1) is 27.1. The molecule has 0 N–H and O–H groups in total. The SMILES string of the molecule is C#C.C=O.CC.CCCC[C@@H](/C=C/CCCc1ccccc1)CC. The van der Waals surface area contributed by atoms with Crippen molar-refractivity contribution in [1.29, 1.82) is 0 Å². The lowest BCUT2D eigenvalue weighted by atomic mass is 9.98. The number of hydrogen-bond donors (Lipinski definition) is 0. The van der Waals surface area contributed by atoms with E-state index in [1.165, 1.54) is 50.5 Å². The first-order chi connectivity index (χ1) is 11.9. The molecular formula is C23H38O. The molecule has 1 aromatic carbocycles. The Kier molecular flexibility index (Phi) is 29.4. The Hall–Kier alpha value is -1.81. The van der Waals surface area contributed by atoms with E-state index in [1.54, 1.807) is 0 Å². The van der Waals surface area contributed by atoms with Crippen molar-refractivity contribution in [3.8, 4) is 12.8 Å². The van der Waals surface area contributed by atoms with Crippen LogP contribution in [0.25, 0.3) is 0 Å². The van der Waals surface area contributed by atoms with Crippen molar-refractivity contribution in [2.45, 2.75) is 72.6 Å². The van der Waals surface area contributed by atoms with E-state index in [1.807, 2.05) is 20.6 Å². The Morgan fingerprint density at radius 3 is 2.12 bits per heavy atom. The number of unbranched alkanes of at least 4 members (excludes halogenated alkanes) is 2. The zero-order chi connectivity index (χ0) is 19.1. The van der Waals surface area contributed by atoms with Crippen LogP contribution in [0.4, 0.5) is 0 Å². The van der Waals surface area contributed by atoms with Gasteiger partial charge in [0.2, 0.25) is 0 Å². The number of aryl methyl sites for hydroxylation is 1. The zero-order valence-electron chi connectivity index (χ0n) is 16.3. The van der Waals surface area contributed by atoms with Gasteiger partial charge in [0, 0.05) is 0 Å². The number of rotatable bonds is 9. The lowest BCUT2D eigenvalue weighted by Gasteiger charge is -2.08. The summed E-state index contributed by atoms with van der Waals surface area (Å²) >= 11 is 0. The zero-order valence-corrected chi connectivity index (χ0v) is 16.3. The lowest BCUT2D eigenvalue weighted by molar-refractivity contribution is -0.0979. The Morgan fingerprint density at radius 2 is 1.62 bits per heavy atom. The molecule has 1 nitrogen and oxygen atoms in total. The molecule has 1 atom stereocenters. The molecule has 24 heavy (non-hydrogen) atoms. The van der Waals surface area contributed by atoms with Gasteiger partial charge in [-0.05, 0) is 43.6 Å². The van der Waals surface area contributed by atoms with Crippen LogP contribution in [0.5, 0.6) is 0 Å². The van der Waals surface area contributed by atoms with Crippen LogP contribution in [-0.4, -0.2) is 6.79 Å². The average molecular weight is 331 g/mol. The van der Waals surface area contributed by atoms with Gasteiger partial charge >= 0.3 is 0 Å². The number of benzene rings is 1. The van der Waals surface area contributed by atoms with Gasteiger partial charge in [0.1, 0.15) is 6.79 Å². The van der Waals surface area contributed by atoms with Crippen molar-refractivity contribution >= 4 is 6.79 Å². The fraction of sp³-hybridized carbons (Fsp3) is 0.522. The summed E-state index contributed by atoms with van der Waals surface area (Å²) in [5.41, 5.74) is 1.46. The van der Waals surface area contributed by atoms with Crippen LogP contribution in [-0.2, 0) is 11.2 Å². The maximum absolute atomic E-state index is 8.00. The molecule has 0 saturated carbocycles. The minimum Gasteiger partial charge on any atom is -0.307 e. The van der Waals surface area contributed by atoms with E-state index >= 15 is 0 Å². The van der Waals surface area contributed by atoms with E-state index in [9.17, 15) is 0 Å². The van der Waals surface area contributed by atoms with Crippen LogP contribution in [0.2, 0.25) is 0 Å². The molecule has 0 aliphatic rings. The third-order valence-corrected chi connectivity index (χ3v) is 3.54. The summed E-state index contributed by atoms with van der Waals surface area (Å²) in [7, 11) is 0. The quantitative estimate of drug-likeness (QED) is 0.274. The third-order valence-electron chi connectivity index (χ3n) is 3.54. The summed E-state index contributed by atoms with van der Waals surface area (Å²) < 4.78 is 0. The van der Waals surface area contributed by atoms with Gasteiger partial charge in [-0.25, -0.2) is 0 Å². The standard InChI is InChI=1S/C18H28.C2H6.C2H2.CH2O/c1-3-5-12-17(4-2)13-8-6-9-14-18-15-10-7-11-16-18;3*1-2/h7-8,10-11,13,15-17H,3-6,9,12,14H2,1-2H3;1-2H3;1-2H;1H2/b13-8+;;;/t17-;;;/m0.../s1. The fourth-order valence-electron chi connectivity index (χ4n) is 2.26. The molecule has 0 radical (unpaired) electrons. The molecule has 0 unspecified atom stereocenters. The van der Waals surface area contributed by atoms with E-state index in [0.717, 1.165) is 5.92 Å². The van der Waals surface area contributed by atoms with E-state index in [4.69, 9.17) is 4.79 Å². The fourth-order valence-corrected chi connectivity index (χ4v) is 2.26. The van der Waals surface area contributed by atoms with Gasteiger partial charge in [-0.15, -0.1) is 12.8 Å². The predicted octanol–water partition coefficient (Wildman–Crippen LogP) is 6.87. The van der Waals surface area contributed by atoms with Crippen LogP contribution in [0, 0.1) is 18.8 Å². The minimum absolute atomic E-state index is 0.807. The van der Waals surface area contributed by atoms with Gasteiger partial charge < -0.3 is 4.79 Å². The molecule has 0 aliphatic carbocycles. The Labute approximate surface area is 151 Å². The minimum atomic E-state index is 0.807. The maximum atomic E-state index is 8.00. The van der Waals surface area contributed by atoms with E-state index in [-0.39, 0.29) is 0 Å². The number of terminal acetylenes is 1. The molecule has 0 saturated heterocycles. The number of carbonyl (C=O) groups excluding carboxylic acids is 1. The van der Waals surface area contributed by atoms with Crippen molar-refractivity contribution < 1.29 is 4.79 Å². The first-order valence-corrected chi connectivity index (χ1v) is 9.19. The Morgan fingerprint density at radius 1 is 1.04 bits per heavy atom. The topological polar surface area (TPSA) is 17.1 Å². The van der Waals surface area contributed by atoms with Crippen LogP contribution in [0.15, 0.2) is 42.5 Å². The van der Waals surface area contributed by atoms with Crippen LogP contribution in [0.1, 0.15) is 71.8 Å². The third kappa shape index (κ3) is 18.2. The Bertz CT molecular complexity index is 364. The van der Waals surface area contributed by atoms with Crippen LogP contribution in [0.3, 0.4) is 0 Å². The molecular weight excluding hydrogens is 292 g/mol. The van der Waals surface area contributed by atoms with E-state index in [2.05, 4.69) is 69.2 Å². The summed E-state index contributed by atoms with van der Waals surface area (Å²) in [6.45, 7) is 10.6. The molecule has 0 aromatic heterocycles. The van der Waals surface area contributed by atoms with Crippen LogP contribution >= 0.6 is 0 Å². The lowest BCUT2D eigenvalue weighted by Crippen LogP contribution is -1.93. The monoisotopic (exact) mass is 330 g/mol. The molecule has 136 valence electrons. The number of carbonyl (C=O) groups is 1. The van der Waals surface area contributed by atoms with Gasteiger partial charge in [0.25, 0.3) is 0 Å². The molecule has 0 aliphatic heterocycles. The second-order valence-electron chi connectivity index (χ2n) is 5.12. The molecule has 0 spiro atoms. The van der Waals surface area contributed by atoms with Crippen molar-refractivity contribution in [1.82, 2.24) is 0 Å². The molecule has 0 amide bonds. The molecule has 1 heteroatoms. The maximum Gasteiger partial charge on any atom is 0.106 e. The Balaban J connectivity index is -0.000000659. The van der Waals surface area contributed by atoms with Crippen molar-refractivity contribution in [3.05, 3.63) is 48.0 Å². The van der Waals surface area contributed by atoms with Crippen molar-refractivity contribution in [2.75, 3.05) is 0 Å². The average Bonchev–Trinajstić information content (AvgIpc) is 2.69. The molecule has 0 fully saturated rings. The highest BCUT2D eigenvalue weighted by Gasteiger charge is 1.99. The second kappa shape index (κ2) is 26.1. The summed E-state index contributed by atoms with van der Waals surface area (Å²) in [5.74, 6) is 0.807.